The molecule has 2 aliphatic heterocycles. The lowest BCUT2D eigenvalue weighted by Gasteiger charge is -2.43. The Kier molecular flexibility index (Phi) is 7.50. The van der Waals surface area contributed by atoms with E-state index in [2.05, 4.69) is 16.3 Å². The molecule has 2 fully saturated rings. The van der Waals surface area contributed by atoms with Gasteiger partial charge in [0.2, 0.25) is 0 Å². The summed E-state index contributed by atoms with van der Waals surface area (Å²) in [6, 6.07) is 4.09. The molecule has 0 unspecified atom stereocenters. The van der Waals surface area contributed by atoms with E-state index in [0.717, 1.165) is 41.8 Å². The molecule has 1 amide bonds. The zero-order valence-corrected chi connectivity index (χ0v) is 20.1. The van der Waals surface area contributed by atoms with Gasteiger partial charge in [0, 0.05) is 49.3 Å². The Morgan fingerprint density at radius 3 is 2.62 bits per heavy atom. The Morgan fingerprint density at radius 2 is 1.91 bits per heavy atom. The molecule has 9 nitrogen and oxygen atoms in total. The maximum absolute atomic E-state index is 13.5. The first-order valence-corrected chi connectivity index (χ1v) is 12.2. The first-order valence-electron chi connectivity index (χ1n) is 12.2. The first kappa shape index (κ1) is 24.2. The molecule has 2 aromatic rings. The molecule has 1 aliphatic carbocycles. The Labute approximate surface area is 199 Å². The van der Waals surface area contributed by atoms with Crippen molar-refractivity contribution in [3.8, 4) is 0 Å². The van der Waals surface area contributed by atoms with Gasteiger partial charge in [-0.15, -0.1) is 0 Å². The maximum atomic E-state index is 13.5. The minimum absolute atomic E-state index is 0.101. The molecule has 184 valence electrons. The Bertz CT molecular complexity index is 1070. The number of carboxylic acid groups (broad SMARTS) is 1. The van der Waals surface area contributed by atoms with Crippen molar-refractivity contribution < 1.29 is 14.7 Å². The van der Waals surface area contributed by atoms with Gasteiger partial charge in [-0.3, -0.25) is 19.5 Å². The fraction of sp³-hybridized carbons (Fsp3) is 0.600. The SMILES string of the molecule is CN(C)Cc1ccc2n(c1=O)C[C@H]1C[C@@H]2CN(C(=O)c2cn[nH]c2C2CCCCC2)C1.O=CO. The van der Waals surface area contributed by atoms with Crippen LogP contribution < -0.4 is 5.56 Å². The summed E-state index contributed by atoms with van der Waals surface area (Å²) in [4.78, 5) is 39.0. The van der Waals surface area contributed by atoms with Gasteiger partial charge in [0.25, 0.3) is 17.9 Å². The van der Waals surface area contributed by atoms with Crippen molar-refractivity contribution >= 4 is 12.4 Å². The molecular weight excluding hydrogens is 434 g/mol. The normalized spacial score (nSPS) is 22.0. The highest BCUT2D eigenvalue weighted by Gasteiger charge is 2.38. The molecule has 0 aromatic carbocycles. The van der Waals surface area contributed by atoms with Crippen molar-refractivity contribution in [2.24, 2.45) is 5.92 Å². The van der Waals surface area contributed by atoms with Crippen molar-refractivity contribution in [2.75, 3.05) is 27.2 Å². The van der Waals surface area contributed by atoms with E-state index in [1.807, 2.05) is 34.5 Å². The van der Waals surface area contributed by atoms with Crippen LogP contribution in [0.15, 0.2) is 23.1 Å². The smallest absolute Gasteiger partial charge is 0.290 e. The fourth-order valence-electron chi connectivity index (χ4n) is 5.96. The van der Waals surface area contributed by atoms with Gasteiger partial charge in [0.15, 0.2) is 0 Å². The third kappa shape index (κ3) is 4.94. The van der Waals surface area contributed by atoms with E-state index in [0.29, 0.717) is 38.0 Å². The third-order valence-corrected chi connectivity index (χ3v) is 7.37. The number of nitrogens with one attached hydrogen (secondary N) is 1. The molecule has 0 spiro atoms. The van der Waals surface area contributed by atoms with Crippen molar-refractivity contribution in [2.45, 2.75) is 63.5 Å². The third-order valence-electron chi connectivity index (χ3n) is 7.37. The van der Waals surface area contributed by atoms with E-state index in [1.54, 1.807) is 6.20 Å². The summed E-state index contributed by atoms with van der Waals surface area (Å²) in [5.74, 6) is 1.08. The van der Waals surface area contributed by atoms with Crippen LogP contribution in [0, 0.1) is 5.92 Å². The highest BCUT2D eigenvalue weighted by Crippen LogP contribution is 2.37. The minimum Gasteiger partial charge on any atom is -0.483 e. The standard InChI is InChI=1S/C24H33N5O2.CH2O2/c1-27(2)14-18-8-9-21-19-10-16(13-29(21)23(18)30)12-28(15-19)24(31)20-11-25-26-22(20)17-6-4-3-5-7-17;2-1-3/h8-9,11,16-17,19H,3-7,10,12-15H2,1-2H3,(H,25,26);1H,(H,2,3)/t16-,19+;/m0./s1. The van der Waals surface area contributed by atoms with E-state index < -0.39 is 0 Å². The number of hydrogen-bond donors (Lipinski definition) is 2. The number of carbonyl (C=O) groups excluding carboxylic acids is 1. The van der Waals surface area contributed by atoms with Crippen LogP contribution in [0.2, 0.25) is 0 Å². The molecule has 2 N–H and O–H groups in total. The average molecular weight is 470 g/mol. The van der Waals surface area contributed by atoms with Gasteiger partial charge in [0.05, 0.1) is 17.5 Å². The van der Waals surface area contributed by atoms with E-state index in [1.165, 1.54) is 19.3 Å². The second-order valence-corrected chi connectivity index (χ2v) is 10.1. The monoisotopic (exact) mass is 469 g/mol. The number of fused-ring (bicyclic) bond motifs is 4. The quantitative estimate of drug-likeness (QED) is 0.666. The van der Waals surface area contributed by atoms with Crippen molar-refractivity contribution in [3.63, 3.8) is 0 Å². The molecule has 0 radical (unpaired) electrons. The topological polar surface area (TPSA) is 112 Å². The van der Waals surface area contributed by atoms with Crippen LogP contribution in [0.25, 0.3) is 0 Å². The summed E-state index contributed by atoms with van der Waals surface area (Å²) in [5, 5.41) is 14.3. The number of rotatable bonds is 4. The molecule has 9 heteroatoms. The summed E-state index contributed by atoms with van der Waals surface area (Å²) in [7, 11) is 3.97. The van der Waals surface area contributed by atoms with Crippen molar-refractivity contribution in [3.05, 3.63) is 51.2 Å². The first-order chi connectivity index (χ1) is 16.4. The Hall–Kier alpha value is -2.94. The Morgan fingerprint density at radius 1 is 1.18 bits per heavy atom. The maximum Gasteiger partial charge on any atom is 0.290 e. The summed E-state index contributed by atoms with van der Waals surface area (Å²) in [5.41, 5.74) is 3.85. The average Bonchev–Trinajstić information content (AvgIpc) is 3.31. The van der Waals surface area contributed by atoms with Gasteiger partial charge in [-0.2, -0.15) is 5.10 Å². The van der Waals surface area contributed by atoms with Crippen LogP contribution in [0.1, 0.15) is 77.7 Å². The van der Waals surface area contributed by atoms with Gasteiger partial charge in [0.1, 0.15) is 0 Å². The van der Waals surface area contributed by atoms with E-state index in [4.69, 9.17) is 9.90 Å². The molecule has 2 atom stereocenters. The summed E-state index contributed by atoms with van der Waals surface area (Å²) >= 11 is 0. The summed E-state index contributed by atoms with van der Waals surface area (Å²) < 4.78 is 1.98. The summed E-state index contributed by atoms with van der Waals surface area (Å²) in [6.45, 7) is 2.51. The van der Waals surface area contributed by atoms with Gasteiger partial charge in [-0.25, -0.2) is 0 Å². The van der Waals surface area contributed by atoms with Gasteiger partial charge in [-0.1, -0.05) is 25.3 Å². The number of hydrogen-bond acceptors (Lipinski definition) is 5. The van der Waals surface area contributed by atoms with E-state index >= 15 is 0 Å². The number of amides is 1. The predicted molar refractivity (Wildman–Crippen MR) is 128 cm³/mol. The largest absolute Gasteiger partial charge is 0.483 e. The molecule has 2 aromatic heterocycles. The van der Waals surface area contributed by atoms with Crippen LogP contribution >= 0.6 is 0 Å². The van der Waals surface area contributed by atoms with Crippen LogP contribution in [0.3, 0.4) is 0 Å². The number of piperidine rings is 1. The minimum atomic E-state index is -0.250. The van der Waals surface area contributed by atoms with E-state index in [9.17, 15) is 9.59 Å². The molecule has 4 heterocycles. The van der Waals surface area contributed by atoms with Gasteiger partial charge < -0.3 is 19.5 Å². The van der Waals surface area contributed by atoms with Crippen molar-refractivity contribution in [1.82, 2.24) is 24.6 Å². The lowest BCUT2D eigenvalue weighted by molar-refractivity contribution is -0.122. The van der Waals surface area contributed by atoms with Crippen LogP contribution in [0.5, 0.6) is 0 Å². The molecule has 5 rings (SSSR count). The molecule has 1 saturated heterocycles. The zero-order valence-electron chi connectivity index (χ0n) is 20.1. The van der Waals surface area contributed by atoms with Gasteiger partial charge >= 0.3 is 0 Å². The van der Waals surface area contributed by atoms with E-state index in [-0.39, 0.29) is 23.9 Å². The number of H-pyrrole nitrogens is 1. The molecule has 34 heavy (non-hydrogen) atoms. The number of aromatic nitrogens is 3. The van der Waals surface area contributed by atoms with Gasteiger partial charge in [-0.05, 0) is 45.3 Å². The number of nitrogens with zero attached hydrogens (tertiary/aromatic N) is 4. The predicted octanol–water partition coefficient (Wildman–Crippen LogP) is 2.64. The van der Waals surface area contributed by atoms with Crippen LogP contribution in [-0.4, -0.2) is 69.2 Å². The lowest BCUT2D eigenvalue weighted by Crippen LogP contribution is -2.49. The van der Waals surface area contributed by atoms with Crippen LogP contribution in [0.4, 0.5) is 0 Å². The Balaban J connectivity index is 0.000000868. The molecule has 3 aliphatic rings. The number of carbonyl (C=O) groups is 2. The second kappa shape index (κ2) is 10.5. The number of aromatic amines is 1. The highest BCUT2D eigenvalue weighted by atomic mass is 16.3. The molecule has 2 bridgehead atoms. The second-order valence-electron chi connectivity index (χ2n) is 10.1. The highest BCUT2D eigenvalue weighted by molar-refractivity contribution is 5.95. The molecular formula is C25H35N5O4. The van der Waals surface area contributed by atoms with Crippen LogP contribution in [-0.2, 0) is 17.9 Å². The summed E-state index contributed by atoms with van der Waals surface area (Å²) in [6.07, 6.45) is 8.80. The fourth-order valence-corrected chi connectivity index (χ4v) is 5.96. The lowest BCUT2D eigenvalue weighted by atomic mass is 9.82. The number of pyridine rings is 1. The molecule has 1 saturated carbocycles. The number of likely N-dealkylation sites (tertiary alicyclic amines) is 1. The van der Waals surface area contributed by atoms with Crippen molar-refractivity contribution in [1.29, 1.82) is 0 Å². The zero-order chi connectivity index (χ0) is 24.2.